The first kappa shape index (κ1) is 17.8. The lowest BCUT2D eigenvalue weighted by atomic mass is 10.0. The Morgan fingerprint density at radius 1 is 0.654 bits per heavy atom. The number of rotatable bonds is 4. The second-order valence-corrected chi connectivity index (χ2v) is 5.40. The van der Waals surface area contributed by atoms with Crippen LogP contribution in [0.15, 0.2) is 60.7 Å². The minimum Gasteiger partial charge on any atom is -0.429 e. The smallest absolute Gasteiger partial charge is 0.429 e. The maximum absolute atomic E-state index is 14.2. The monoisotopic (exact) mass is 368 g/mol. The molecule has 0 aliphatic carbocycles. The lowest BCUT2D eigenvalue weighted by molar-refractivity contribution is -0.189. The van der Waals surface area contributed by atoms with E-state index in [1.54, 1.807) is 30.3 Å². The van der Waals surface area contributed by atoms with Crippen molar-refractivity contribution in [3.8, 4) is 16.9 Å². The van der Waals surface area contributed by atoms with Gasteiger partial charge in [-0.2, -0.15) is 8.78 Å². The molecule has 3 rings (SSSR count). The fourth-order valence-corrected chi connectivity index (χ4v) is 2.43. The summed E-state index contributed by atoms with van der Waals surface area (Å²) in [5.41, 5.74) is -1.17. The van der Waals surface area contributed by atoms with Crippen LogP contribution in [0.2, 0.25) is 0 Å². The first-order chi connectivity index (χ1) is 12.3. The van der Waals surface area contributed by atoms with Crippen molar-refractivity contribution in [3.63, 3.8) is 0 Å². The zero-order valence-electron chi connectivity index (χ0n) is 12.9. The van der Waals surface area contributed by atoms with Gasteiger partial charge in [0.05, 0.1) is 0 Å². The molecular weight excluding hydrogens is 358 g/mol. The van der Waals surface area contributed by atoms with E-state index in [4.69, 9.17) is 0 Å². The van der Waals surface area contributed by atoms with E-state index in [2.05, 4.69) is 4.74 Å². The zero-order valence-corrected chi connectivity index (χ0v) is 12.9. The van der Waals surface area contributed by atoms with Gasteiger partial charge < -0.3 is 4.74 Å². The second-order valence-electron chi connectivity index (χ2n) is 5.40. The largest absolute Gasteiger partial charge is 0.432 e. The first-order valence-electron chi connectivity index (χ1n) is 7.34. The Bertz CT molecular complexity index is 897. The highest BCUT2D eigenvalue weighted by Gasteiger charge is 2.41. The van der Waals surface area contributed by atoms with Gasteiger partial charge >= 0.3 is 6.11 Å². The van der Waals surface area contributed by atoms with E-state index in [1.807, 2.05) is 0 Å². The highest BCUT2D eigenvalue weighted by Crippen LogP contribution is 2.37. The van der Waals surface area contributed by atoms with E-state index in [0.717, 1.165) is 12.1 Å². The van der Waals surface area contributed by atoms with Crippen molar-refractivity contribution in [1.82, 2.24) is 0 Å². The lowest BCUT2D eigenvalue weighted by Crippen LogP contribution is -2.25. The van der Waals surface area contributed by atoms with Gasteiger partial charge in [-0.15, -0.1) is 0 Å². The summed E-state index contributed by atoms with van der Waals surface area (Å²) in [4.78, 5) is 0. The van der Waals surface area contributed by atoms with E-state index in [9.17, 15) is 26.3 Å². The molecule has 0 radical (unpaired) electrons. The SMILES string of the molecule is Fc1cc(F)cc(OC(F)(F)c2c(F)cc(-c3ccccc3)cc2F)c1. The van der Waals surface area contributed by atoms with E-state index in [0.29, 0.717) is 23.8 Å². The molecule has 0 heterocycles. The molecule has 0 bridgehead atoms. The maximum atomic E-state index is 14.2. The maximum Gasteiger partial charge on any atom is 0.432 e. The summed E-state index contributed by atoms with van der Waals surface area (Å²) in [6.07, 6.45) is -4.48. The van der Waals surface area contributed by atoms with Crippen molar-refractivity contribution < 1.29 is 31.1 Å². The Hall–Kier alpha value is -2.96. The van der Waals surface area contributed by atoms with Crippen LogP contribution in [0.25, 0.3) is 11.1 Å². The molecule has 0 aliphatic rings. The van der Waals surface area contributed by atoms with Crippen molar-refractivity contribution in [2.75, 3.05) is 0 Å². The molecule has 0 amide bonds. The molecule has 0 saturated heterocycles. The molecule has 1 nitrogen and oxygen atoms in total. The van der Waals surface area contributed by atoms with Crippen molar-refractivity contribution in [3.05, 3.63) is 89.5 Å². The van der Waals surface area contributed by atoms with Crippen LogP contribution in [0.1, 0.15) is 5.56 Å². The van der Waals surface area contributed by atoms with Crippen molar-refractivity contribution in [1.29, 1.82) is 0 Å². The standard InChI is InChI=1S/C19H10F6O/c20-13-8-14(21)10-15(9-13)26-19(24,25)18-16(22)6-12(7-17(18)23)11-4-2-1-3-5-11/h1-10H. The minimum absolute atomic E-state index is 0.0527. The summed E-state index contributed by atoms with van der Waals surface area (Å²) in [7, 11) is 0. The van der Waals surface area contributed by atoms with Crippen molar-refractivity contribution in [2.24, 2.45) is 0 Å². The van der Waals surface area contributed by atoms with Gasteiger partial charge in [0.2, 0.25) is 0 Å². The molecule has 0 aromatic heterocycles. The molecule has 0 unspecified atom stereocenters. The third kappa shape index (κ3) is 3.66. The summed E-state index contributed by atoms with van der Waals surface area (Å²) in [5, 5.41) is 0. The molecule has 0 saturated carbocycles. The number of alkyl halides is 2. The van der Waals surface area contributed by atoms with Crippen LogP contribution in [0.4, 0.5) is 26.3 Å². The summed E-state index contributed by atoms with van der Waals surface area (Å²) in [6, 6.07) is 10.9. The predicted octanol–water partition coefficient (Wildman–Crippen LogP) is 6.04. The van der Waals surface area contributed by atoms with E-state index >= 15 is 0 Å². The first-order valence-corrected chi connectivity index (χ1v) is 7.34. The Morgan fingerprint density at radius 3 is 1.73 bits per heavy atom. The van der Waals surface area contributed by atoms with E-state index in [1.165, 1.54) is 0 Å². The van der Waals surface area contributed by atoms with Gasteiger partial charge in [-0.05, 0) is 23.3 Å². The molecule has 134 valence electrons. The summed E-state index contributed by atoms with van der Waals surface area (Å²) >= 11 is 0. The Kier molecular flexibility index (Phi) is 4.63. The number of hydrogen-bond acceptors (Lipinski definition) is 1. The van der Waals surface area contributed by atoms with Gasteiger partial charge in [0.15, 0.2) is 0 Å². The van der Waals surface area contributed by atoms with Crippen LogP contribution in [0, 0.1) is 23.3 Å². The lowest BCUT2D eigenvalue weighted by Gasteiger charge is -2.20. The predicted molar refractivity (Wildman–Crippen MR) is 82.7 cm³/mol. The number of benzene rings is 3. The minimum atomic E-state index is -4.48. The fraction of sp³-hybridized carbons (Fsp3) is 0.0526. The van der Waals surface area contributed by atoms with Crippen LogP contribution < -0.4 is 4.74 Å². The average molecular weight is 368 g/mol. The molecule has 3 aromatic carbocycles. The van der Waals surface area contributed by atoms with Gasteiger partial charge in [0.25, 0.3) is 0 Å². The van der Waals surface area contributed by atoms with Crippen LogP contribution in [-0.2, 0) is 6.11 Å². The summed E-state index contributed by atoms with van der Waals surface area (Å²) in [5.74, 6) is -6.35. The molecule has 7 heteroatoms. The highest BCUT2D eigenvalue weighted by molar-refractivity contribution is 5.64. The third-order valence-electron chi connectivity index (χ3n) is 3.52. The van der Waals surface area contributed by atoms with E-state index < -0.39 is 40.7 Å². The third-order valence-corrected chi connectivity index (χ3v) is 3.52. The van der Waals surface area contributed by atoms with Crippen LogP contribution in [0.3, 0.4) is 0 Å². The molecule has 0 aliphatic heterocycles. The Labute approximate surface area is 144 Å². The summed E-state index contributed by atoms with van der Waals surface area (Å²) in [6.45, 7) is 0. The zero-order chi connectivity index (χ0) is 18.9. The van der Waals surface area contributed by atoms with Gasteiger partial charge in [-0.3, -0.25) is 0 Å². The Balaban J connectivity index is 1.99. The second kappa shape index (κ2) is 6.74. The van der Waals surface area contributed by atoms with Crippen molar-refractivity contribution in [2.45, 2.75) is 6.11 Å². The van der Waals surface area contributed by atoms with E-state index in [-0.39, 0.29) is 5.56 Å². The normalized spacial score (nSPS) is 11.5. The number of ether oxygens (including phenoxy) is 1. The topological polar surface area (TPSA) is 9.23 Å². The number of halogens is 6. The molecule has 0 spiro atoms. The van der Waals surface area contributed by atoms with Gasteiger partial charge in [0.1, 0.15) is 34.6 Å². The van der Waals surface area contributed by atoms with Gasteiger partial charge in [0, 0.05) is 18.2 Å². The van der Waals surface area contributed by atoms with Crippen LogP contribution >= 0.6 is 0 Å². The fourth-order valence-electron chi connectivity index (χ4n) is 2.43. The van der Waals surface area contributed by atoms with Crippen molar-refractivity contribution >= 4 is 0 Å². The Morgan fingerprint density at radius 2 is 1.19 bits per heavy atom. The molecular formula is C19H10F6O. The molecule has 0 fully saturated rings. The molecule has 0 atom stereocenters. The molecule has 26 heavy (non-hydrogen) atoms. The quantitative estimate of drug-likeness (QED) is 0.510. The average Bonchev–Trinajstić information content (AvgIpc) is 2.53. The van der Waals surface area contributed by atoms with Crippen LogP contribution in [-0.4, -0.2) is 0 Å². The number of hydrogen-bond donors (Lipinski definition) is 0. The van der Waals surface area contributed by atoms with Gasteiger partial charge in [-0.25, -0.2) is 17.6 Å². The highest BCUT2D eigenvalue weighted by atomic mass is 19.3. The van der Waals surface area contributed by atoms with Crippen LogP contribution in [0.5, 0.6) is 5.75 Å². The van der Waals surface area contributed by atoms with Gasteiger partial charge in [-0.1, -0.05) is 30.3 Å². The molecule has 3 aromatic rings. The summed E-state index contributed by atoms with van der Waals surface area (Å²) < 4.78 is 87.2. The molecule has 0 N–H and O–H groups in total.